The summed E-state index contributed by atoms with van der Waals surface area (Å²) < 4.78 is 10.9. The van der Waals surface area contributed by atoms with E-state index in [1.54, 1.807) is 13.3 Å². The number of H-pyrrole nitrogens is 1. The Morgan fingerprint density at radius 1 is 1.50 bits per heavy atom. The van der Waals surface area contributed by atoms with Gasteiger partial charge in [0.2, 0.25) is 5.88 Å². The summed E-state index contributed by atoms with van der Waals surface area (Å²) in [6, 6.07) is 0. The Hall–Kier alpha value is -1.66. The van der Waals surface area contributed by atoms with Crippen molar-refractivity contribution >= 4 is 11.2 Å². The van der Waals surface area contributed by atoms with Crippen molar-refractivity contribution in [2.75, 3.05) is 26.8 Å². The average molecular weight is 248 g/mol. The lowest BCUT2D eigenvalue weighted by Crippen LogP contribution is -2.20. The van der Waals surface area contributed by atoms with Crippen LogP contribution in [0.5, 0.6) is 5.88 Å². The van der Waals surface area contributed by atoms with Gasteiger partial charge in [-0.05, 0) is 13.0 Å². The lowest BCUT2D eigenvalue weighted by atomic mass is 10.2. The molecule has 1 atom stereocenters. The Labute approximate surface area is 105 Å². The summed E-state index contributed by atoms with van der Waals surface area (Å²) in [5, 5.41) is 3.36. The molecule has 0 spiro atoms. The Kier molecular flexibility index (Phi) is 3.12. The molecule has 18 heavy (non-hydrogen) atoms. The van der Waals surface area contributed by atoms with E-state index >= 15 is 0 Å². The van der Waals surface area contributed by atoms with Crippen LogP contribution in [0.25, 0.3) is 11.2 Å². The molecule has 0 aliphatic carbocycles. The summed E-state index contributed by atoms with van der Waals surface area (Å²) >= 11 is 0. The van der Waals surface area contributed by atoms with E-state index in [1.165, 1.54) is 0 Å². The molecule has 0 radical (unpaired) electrons. The number of aromatic nitrogens is 3. The van der Waals surface area contributed by atoms with E-state index in [2.05, 4.69) is 20.3 Å². The van der Waals surface area contributed by atoms with Gasteiger partial charge in [-0.15, -0.1) is 0 Å². The van der Waals surface area contributed by atoms with E-state index in [0.29, 0.717) is 5.88 Å². The van der Waals surface area contributed by atoms with Gasteiger partial charge in [0.05, 0.1) is 19.4 Å². The third-order valence-corrected chi connectivity index (χ3v) is 3.09. The molecule has 96 valence electrons. The summed E-state index contributed by atoms with van der Waals surface area (Å²) in [6.07, 6.45) is 4.62. The summed E-state index contributed by atoms with van der Waals surface area (Å²) in [5.41, 5.74) is 2.64. The quantitative estimate of drug-likeness (QED) is 0.830. The molecular formula is C12H16N4O2. The molecule has 6 nitrogen and oxygen atoms in total. The van der Waals surface area contributed by atoms with Crippen LogP contribution in [0.15, 0.2) is 12.4 Å². The highest BCUT2D eigenvalue weighted by atomic mass is 16.5. The van der Waals surface area contributed by atoms with Crippen LogP contribution < -0.4 is 10.1 Å². The summed E-state index contributed by atoms with van der Waals surface area (Å²) in [5.74, 6) is 0.510. The van der Waals surface area contributed by atoms with Crippen LogP contribution in [0.4, 0.5) is 0 Å². The van der Waals surface area contributed by atoms with Crippen molar-refractivity contribution in [2.45, 2.75) is 12.5 Å². The predicted octanol–water partition coefficient (Wildman–Crippen LogP) is 1.02. The molecule has 3 rings (SSSR count). The van der Waals surface area contributed by atoms with E-state index in [1.807, 2.05) is 6.20 Å². The zero-order valence-corrected chi connectivity index (χ0v) is 10.3. The number of nitrogens with zero attached hydrogens (tertiary/aromatic N) is 2. The first-order valence-corrected chi connectivity index (χ1v) is 6.09. The first-order chi connectivity index (χ1) is 8.88. The lowest BCUT2D eigenvalue weighted by Gasteiger charge is -2.13. The van der Waals surface area contributed by atoms with Gasteiger partial charge >= 0.3 is 0 Å². The minimum atomic E-state index is 0.0314. The number of hydrogen-bond acceptors (Lipinski definition) is 5. The molecule has 2 aromatic rings. The Balaban J connectivity index is 1.96. The third kappa shape index (κ3) is 2.04. The lowest BCUT2D eigenvalue weighted by molar-refractivity contribution is 0.0678. The second-order valence-electron chi connectivity index (χ2n) is 4.27. The Morgan fingerprint density at radius 3 is 3.33 bits per heavy atom. The number of nitrogens with one attached hydrogen (secondary N) is 2. The predicted molar refractivity (Wildman–Crippen MR) is 66.6 cm³/mol. The van der Waals surface area contributed by atoms with Gasteiger partial charge in [0, 0.05) is 24.9 Å². The molecule has 0 aromatic carbocycles. The van der Waals surface area contributed by atoms with Crippen molar-refractivity contribution in [3.63, 3.8) is 0 Å². The Bertz CT molecular complexity index is 532. The van der Waals surface area contributed by atoms with Crippen LogP contribution >= 0.6 is 0 Å². The topological polar surface area (TPSA) is 72.1 Å². The van der Waals surface area contributed by atoms with Crippen molar-refractivity contribution < 1.29 is 9.47 Å². The molecule has 2 aromatic heterocycles. The summed E-state index contributed by atoms with van der Waals surface area (Å²) in [6.45, 7) is 2.58. The molecule has 6 heteroatoms. The van der Waals surface area contributed by atoms with E-state index in [-0.39, 0.29) is 6.10 Å². The second-order valence-corrected chi connectivity index (χ2v) is 4.27. The first-order valence-electron chi connectivity index (χ1n) is 6.09. The smallest absolute Gasteiger partial charge is 0.234 e. The molecule has 1 unspecified atom stereocenters. The Morgan fingerprint density at radius 2 is 2.44 bits per heavy atom. The van der Waals surface area contributed by atoms with Gasteiger partial charge in [-0.1, -0.05) is 0 Å². The van der Waals surface area contributed by atoms with Crippen LogP contribution in [0, 0.1) is 0 Å². The zero-order valence-electron chi connectivity index (χ0n) is 10.3. The number of aromatic amines is 1. The first kappa shape index (κ1) is 11.4. The molecule has 1 aliphatic rings. The van der Waals surface area contributed by atoms with Crippen LogP contribution in [0.1, 0.15) is 18.1 Å². The van der Waals surface area contributed by atoms with Crippen molar-refractivity contribution in [1.29, 1.82) is 0 Å². The van der Waals surface area contributed by atoms with Crippen LogP contribution in [0.2, 0.25) is 0 Å². The fraction of sp³-hybridized carbons (Fsp3) is 0.500. The number of fused-ring (bicyclic) bond motifs is 1. The summed E-state index contributed by atoms with van der Waals surface area (Å²) in [4.78, 5) is 11.8. The maximum atomic E-state index is 5.83. The van der Waals surface area contributed by atoms with Crippen molar-refractivity contribution in [2.24, 2.45) is 0 Å². The van der Waals surface area contributed by atoms with E-state index in [0.717, 1.165) is 42.8 Å². The standard InChI is InChI=1S/C12H16N4O2/c1-17-10-7-14-11-8(5-15-12(11)16-10)9-6-13-3-2-4-18-9/h5,7,9,13H,2-4,6H2,1H3,(H,15,16). The fourth-order valence-corrected chi connectivity index (χ4v) is 2.16. The maximum absolute atomic E-state index is 5.83. The number of ether oxygens (including phenoxy) is 2. The zero-order chi connectivity index (χ0) is 12.4. The molecule has 1 aliphatic heterocycles. The molecule has 0 bridgehead atoms. The van der Waals surface area contributed by atoms with Gasteiger partial charge < -0.3 is 19.8 Å². The van der Waals surface area contributed by atoms with Crippen LogP contribution in [-0.4, -0.2) is 41.8 Å². The number of rotatable bonds is 2. The highest BCUT2D eigenvalue weighted by Crippen LogP contribution is 2.25. The highest BCUT2D eigenvalue weighted by molar-refractivity contribution is 5.75. The molecular weight excluding hydrogens is 232 g/mol. The molecule has 0 amide bonds. The number of methoxy groups -OCH3 is 1. The summed E-state index contributed by atoms with van der Waals surface area (Å²) in [7, 11) is 1.58. The van der Waals surface area contributed by atoms with Crippen LogP contribution in [0.3, 0.4) is 0 Å². The van der Waals surface area contributed by atoms with Crippen molar-refractivity contribution in [3.8, 4) is 5.88 Å². The molecule has 1 fully saturated rings. The third-order valence-electron chi connectivity index (χ3n) is 3.09. The molecule has 1 saturated heterocycles. The van der Waals surface area contributed by atoms with Gasteiger partial charge in [-0.3, -0.25) is 0 Å². The normalized spacial score (nSPS) is 20.8. The van der Waals surface area contributed by atoms with Gasteiger partial charge in [0.1, 0.15) is 5.52 Å². The SMILES string of the molecule is COc1cnc2c(C3CNCCCO3)c[nH]c2n1. The van der Waals surface area contributed by atoms with Gasteiger partial charge in [0.25, 0.3) is 0 Å². The average Bonchev–Trinajstić information content (AvgIpc) is 2.64. The van der Waals surface area contributed by atoms with Crippen molar-refractivity contribution in [3.05, 3.63) is 18.0 Å². The van der Waals surface area contributed by atoms with Gasteiger partial charge in [-0.2, -0.15) is 4.98 Å². The molecule has 0 saturated carbocycles. The molecule has 3 heterocycles. The minimum Gasteiger partial charge on any atom is -0.480 e. The van der Waals surface area contributed by atoms with E-state index in [9.17, 15) is 0 Å². The number of hydrogen-bond donors (Lipinski definition) is 2. The van der Waals surface area contributed by atoms with Crippen LogP contribution in [-0.2, 0) is 4.74 Å². The largest absolute Gasteiger partial charge is 0.480 e. The minimum absolute atomic E-state index is 0.0314. The van der Waals surface area contributed by atoms with E-state index in [4.69, 9.17) is 9.47 Å². The monoisotopic (exact) mass is 248 g/mol. The second kappa shape index (κ2) is 4.91. The maximum Gasteiger partial charge on any atom is 0.234 e. The van der Waals surface area contributed by atoms with Crippen molar-refractivity contribution in [1.82, 2.24) is 20.3 Å². The highest BCUT2D eigenvalue weighted by Gasteiger charge is 2.19. The fourth-order valence-electron chi connectivity index (χ4n) is 2.16. The van der Waals surface area contributed by atoms with Gasteiger partial charge in [-0.25, -0.2) is 4.98 Å². The van der Waals surface area contributed by atoms with Gasteiger partial charge in [0.15, 0.2) is 5.65 Å². The molecule has 2 N–H and O–H groups in total. The van der Waals surface area contributed by atoms with E-state index < -0.39 is 0 Å².